The van der Waals surface area contributed by atoms with Crippen LogP contribution in [0.25, 0.3) is 5.70 Å². The summed E-state index contributed by atoms with van der Waals surface area (Å²) in [5.74, 6) is -0.132. The van der Waals surface area contributed by atoms with E-state index in [-0.39, 0.29) is 5.91 Å². The Bertz CT molecular complexity index is 672. The lowest BCUT2D eigenvalue weighted by atomic mass is 10.1. The normalized spacial score (nSPS) is 13.2. The van der Waals surface area contributed by atoms with Crippen molar-refractivity contribution in [2.75, 3.05) is 20.3 Å². The first-order valence-corrected chi connectivity index (χ1v) is 6.77. The molecule has 5 heteroatoms. The van der Waals surface area contributed by atoms with Crippen LogP contribution < -0.4 is 15.9 Å². The minimum atomic E-state index is -0.132. The van der Waals surface area contributed by atoms with E-state index in [9.17, 15) is 4.79 Å². The molecule has 0 saturated carbocycles. The van der Waals surface area contributed by atoms with Crippen molar-refractivity contribution >= 4 is 11.6 Å². The van der Waals surface area contributed by atoms with Crippen LogP contribution in [-0.4, -0.2) is 31.1 Å². The van der Waals surface area contributed by atoms with Gasteiger partial charge < -0.3 is 10.2 Å². The Hall–Kier alpha value is -2.35. The third kappa shape index (κ3) is 2.64. The Kier molecular flexibility index (Phi) is 4.36. The molecular formula is C15H18N4O. The molecule has 5 nitrogen and oxygen atoms in total. The van der Waals surface area contributed by atoms with Gasteiger partial charge in [-0.3, -0.25) is 9.79 Å². The van der Waals surface area contributed by atoms with Gasteiger partial charge in [0.1, 0.15) is 12.4 Å². The highest BCUT2D eigenvalue weighted by molar-refractivity contribution is 6.12. The fourth-order valence-corrected chi connectivity index (χ4v) is 2.25. The summed E-state index contributed by atoms with van der Waals surface area (Å²) < 4.78 is 0. The number of carbonyl (C=O) groups is 1. The van der Waals surface area contributed by atoms with Crippen LogP contribution in [0.2, 0.25) is 0 Å². The summed E-state index contributed by atoms with van der Waals surface area (Å²) in [5.41, 5.74) is 1.15. The highest BCUT2D eigenvalue weighted by Gasteiger charge is 2.20. The average Bonchev–Trinajstić information content (AvgIpc) is 2.50. The van der Waals surface area contributed by atoms with Crippen LogP contribution in [0.1, 0.15) is 25.3 Å². The third-order valence-electron chi connectivity index (χ3n) is 3.33. The molecule has 0 bridgehead atoms. The SMILES string of the molecule is CCCCN1CN=c2ccc(C#N)cc2=C1C(=O)NC. The van der Waals surface area contributed by atoms with Crippen molar-refractivity contribution in [2.45, 2.75) is 19.8 Å². The Labute approximate surface area is 118 Å². The van der Waals surface area contributed by atoms with Crippen LogP contribution in [-0.2, 0) is 4.79 Å². The Morgan fingerprint density at radius 1 is 1.55 bits per heavy atom. The molecule has 0 unspecified atom stereocenters. The maximum Gasteiger partial charge on any atom is 0.268 e. The second kappa shape index (κ2) is 6.20. The summed E-state index contributed by atoms with van der Waals surface area (Å²) >= 11 is 0. The van der Waals surface area contributed by atoms with Crippen LogP contribution in [0.3, 0.4) is 0 Å². The van der Waals surface area contributed by atoms with Gasteiger partial charge in [-0.15, -0.1) is 0 Å². The molecule has 0 spiro atoms. The molecule has 1 aromatic carbocycles. The number of benzene rings is 1. The fourth-order valence-electron chi connectivity index (χ4n) is 2.25. The first kappa shape index (κ1) is 14.1. The van der Waals surface area contributed by atoms with E-state index in [0.717, 1.165) is 30.0 Å². The molecule has 1 aliphatic heterocycles. The van der Waals surface area contributed by atoms with Gasteiger partial charge in [0, 0.05) is 18.8 Å². The Balaban J connectivity index is 2.62. The molecule has 1 amide bonds. The summed E-state index contributed by atoms with van der Waals surface area (Å²) in [5, 5.41) is 13.2. The number of hydrogen-bond donors (Lipinski definition) is 1. The lowest BCUT2D eigenvalue weighted by Gasteiger charge is -2.27. The zero-order valence-corrected chi connectivity index (χ0v) is 11.8. The van der Waals surface area contributed by atoms with E-state index in [1.54, 1.807) is 25.2 Å². The van der Waals surface area contributed by atoms with Gasteiger partial charge in [0.25, 0.3) is 5.91 Å². The van der Waals surface area contributed by atoms with Crippen LogP contribution in [0, 0.1) is 11.3 Å². The minimum Gasteiger partial charge on any atom is -0.354 e. The summed E-state index contributed by atoms with van der Waals surface area (Å²) in [6, 6.07) is 7.37. The molecule has 1 N–H and O–H groups in total. The number of nitrogens with one attached hydrogen (secondary N) is 1. The van der Waals surface area contributed by atoms with E-state index in [1.165, 1.54) is 0 Å². The van der Waals surface area contributed by atoms with Gasteiger partial charge in [0.15, 0.2) is 0 Å². The van der Waals surface area contributed by atoms with Crippen molar-refractivity contribution in [1.29, 1.82) is 5.26 Å². The van der Waals surface area contributed by atoms with Gasteiger partial charge in [-0.05, 0) is 24.6 Å². The zero-order valence-electron chi connectivity index (χ0n) is 11.8. The number of carbonyl (C=O) groups excluding carboxylic acids is 1. The molecule has 1 heterocycles. The molecule has 20 heavy (non-hydrogen) atoms. The highest BCUT2D eigenvalue weighted by Crippen LogP contribution is 2.08. The maximum absolute atomic E-state index is 12.2. The molecule has 104 valence electrons. The number of fused-ring (bicyclic) bond motifs is 1. The van der Waals surface area contributed by atoms with E-state index in [1.807, 2.05) is 4.90 Å². The zero-order chi connectivity index (χ0) is 14.5. The molecular weight excluding hydrogens is 252 g/mol. The predicted octanol–water partition coefficient (Wildman–Crippen LogP) is 0.105. The Morgan fingerprint density at radius 2 is 2.35 bits per heavy atom. The second-order valence-electron chi connectivity index (χ2n) is 4.69. The van der Waals surface area contributed by atoms with Crippen molar-refractivity contribution < 1.29 is 4.79 Å². The number of amides is 1. The van der Waals surface area contributed by atoms with Crippen molar-refractivity contribution in [3.8, 4) is 6.07 Å². The summed E-state index contributed by atoms with van der Waals surface area (Å²) in [4.78, 5) is 18.7. The van der Waals surface area contributed by atoms with Crippen molar-refractivity contribution in [3.63, 3.8) is 0 Å². The fraction of sp³-hybridized carbons (Fsp3) is 0.400. The lowest BCUT2D eigenvalue weighted by molar-refractivity contribution is -0.116. The first-order valence-electron chi connectivity index (χ1n) is 6.77. The number of nitriles is 1. The smallest absolute Gasteiger partial charge is 0.268 e. The van der Waals surface area contributed by atoms with Crippen molar-refractivity contribution in [3.05, 3.63) is 34.3 Å². The van der Waals surface area contributed by atoms with E-state index in [4.69, 9.17) is 5.26 Å². The van der Waals surface area contributed by atoms with Crippen LogP contribution >= 0.6 is 0 Å². The van der Waals surface area contributed by atoms with Crippen molar-refractivity contribution in [2.24, 2.45) is 4.99 Å². The van der Waals surface area contributed by atoms with Gasteiger partial charge in [-0.1, -0.05) is 13.3 Å². The molecule has 0 aliphatic carbocycles. The number of unbranched alkanes of at least 4 members (excludes halogenated alkanes) is 1. The summed E-state index contributed by atoms with van der Waals surface area (Å²) in [7, 11) is 1.62. The quantitative estimate of drug-likeness (QED) is 0.844. The maximum atomic E-state index is 12.2. The molecule has 1 aliphatic rings. The predicted molar refractivity (Wildman–Crippen MR) is 75.9 cm³/mol. The summed E-state index contributed by atoms with van der Waals surface area (Å²) in [6.45, 7) is 3.39. The lowest BCUT2D eigenvalue weighted by Crippen LogP contribution is -2.46. The number of likely N-dealkylation sites (N-methyl/N-ethyl adjacent to an activating group) is 1. The van der Waals surface area contributed by atoms with E-state index < -0.39 is 0 Å². The molecule has 0 atom stereocenters. The number of rotatable bonds is 4. The third-order valence-corrected chi connectivity index (χ3v) is 3.33. The number of hydrogen-bond acceptors (Lipinski definition) is 4. The average molecular weight is 270 g/mol. The molecule has 0 saturated heterocycles. The van der Waals surface area contributed by atoms with Crippen LogP contribution in [0.5, 0.6) is 0 Å². The molecule has 0 aromatic heterocycles. The van der Waals surface area contributed by atoms with Crippen LogP contribution in [0.15, 0.2) is 23.2 Å². The first-order chi connectivity index (χ1) is 9.71. The van der Waals surface area contributed by atoms with Gasteiger partial charge >= 0.3 is 0 Å². The van der Waals surface area contributed by atoms with Crippen LogP contribution in [0.4, 0.5) is 0 Å². The largest absolute Gasteiger partial charge is 0.354 e. The minimum absolute atomic E-state index is 0.132. The highest BCUT2D eigenvalue weighted by atomic mass is 16.2. The molecule has 2 rings (SSSR count). The second-order valence-corrected chi connectivity index (χ2v) is 4.69. The van der Waals surface area contributed by atoms with E-state index in [0.29, 0.717) is 17.9 Å². The standard InChI is InChI=1S/C15H18N4O/c1-3-4-7-19-10-18-13-6-5-11(9-16)8-12(13)14(19)15(20)17-2/h5-6,8H,3-4,7,10H2,1-2H3,(H,17,20). The Morgan fingerprint density at radius 3 is 3.00 bits per heavy atom. The van der Waals surface area contributed by atoms with E-state index >= 15 is 0 Å². The molecule has 0 fully saturated rings. The molecule has 0 radical (unpaired) electrons. The van der Waals surface area contributed by atoms with Gasteiger partial charge in [-0.2, -0.15) is 5.26 Å². The molecule has 1 aromatic rings. The number of nitrogens with zero attached hydrogens (tertiary/aromatic N) is 3. The van der Waals surface area contributed by atoms with Gasteiger partial charge in [0.05, 0.1) is 17.0 Å². The summed E-state index contributed by atoms with van der Waals surface area (Å²) in [6.07, 6.45) is 2.06. The van der Waals surface area contributed by atoms with Gasteiger partial charge in [-0.25, -0.2) is 0 Å². The topological polar surface area (TPSA) is 68.5 Å². The van der Waals surface area contributed by atoms with E-state index in [2.05, 4.69) is 23.3 Å². The van der Waals surface area contributed by atoms with Crippen molar-refractivity contribution in [1.82, 2.24) is 10.2 Å². The van der Waals surface area contributed by atoms with Gasteiger partial charge in [0.2, 0.25) is 0 Å². The monoisotopic (exact) mass is 270 g/mol.